The third kappa shape index (κ3) is 6.67. The summed E-state index contributed by atoms with van der Waals surface area (Å²) in [6, 6.07) is 0. The summed E-state index contributed by atoms with van der Waals surface area (Å²) in [5.41, 5.74) is 0. The van der Waals surface area contributed by atoms with Crippen molar-refractivity contribution in [2.75, 3.05) is 0 Å². The molecule has 0 bridgehead atoms. The Bertz CT molecular complexity index is 45.3. The second-order valence-electron chi connectivity index (χ2n) is 1.52. The standard InChI is InChI=1S/C5H10O.Na.H/c1-3-5(2)4-6;;/h4-5H,3H2,1-2H3;;. The van der Waals surface area contributed by atoms with Gasteiger partial charge in [0.1, 0.15) is 6.29 Å². The van der Waals surface area contributed by atoms with Crippen LogP contribution in [0, 0.1) is 5.92 Å². The Morgan fingerprint density at radius 1 is 1.71 bits per heavy atom. The van der Waals surface area contributed by atoms with Gasteiger partial charge >= 0.3 is 29.6 Å². The first-order valence-electron chi connectivity index (χ1n) is 2.26. The monoisotopic (exact) mass is 110 g/mol. The molecule has 0 radical (unpaired) electrons. The Balaban J connectivity index is 0. The van der Waals surface area contributed by atoms with Crippen molar-refractivity contribution in [3.8, 4) is 0 Å². The van der Waals surface area contributed by atoms with Crippen molar-refractivity contribution in [2.24, 2.45) is 5.92 Å². The summed E-state index contributed by atoms with van der Waals surface area (Å²) in [4.78, 5) is 9.74. The molecule has 0 rings (SSSR count). The third-order valence-corrected chi connectivity index (χ3v) is 0.876. The maximum absolute atomic E-state index is 9.74. The maximum atomic E-state index is 9.74. The van der Waals surface area contributed by atoms with Gasteiger partial charge in [-0.05, 0) is 6.42 Å². The van der Waals surface area contributed by atoms with Crippen LogP contribution in [0.3, 0.4) is 0 Å². The van der Waals surface area contributed by atoms with Crippen LogP contribution in [-0.2, 0) is 4.79 Å². The van der Waals surface area contributed by atoms with Gasteiger partial charge < -0.3 is 4.79 Å². The summed E-state index contributed by atoms with van der Waals surface area (Å²) in [6.45, 7) is 3.91. The Kier molecular flexibility index (Phi) is 10.1. The van der Waals surface area contributed by atoms with Gasteiger partial charge in [0, 0.05) is 5.92 Å². The molecule has 0 saturated heterocycles. The SMILES string of the molecule is CCC(C)C=O.[NaH]. The van der Waals surface area contributed by atoms with E-state index in [1.807, 2.05) is 13.8 Å². The van der Waals surface area contributed by atoms with Crippen LogP contribution in [-0.4, -0.2) is 35.8 Å². The molecule has 0 aliphatic rings. The Morgan fingerprint density at radius 3 is 2.14 bits per heavy atom. The van der Waals surface area contributed by atoms with Gasteiger partial charge in [0.05, 0.1) is 0 Å². The van der Waals surface area contributed by atoms with Crippen LogP contribution in [0.15, 0.2) is 0 Å². The van der Waals surface area contributed by atoms with Crippen LogP contribution in [0.1, 0.15) is 20.3 Å². The fourth-order valence-electron chi connectivity index (χ4n) is 0.0962. The van der Waals surface area contributed by atoms with Gasteiger partial charge in [-0.15, -0.1) is 0 Å². The molecule has 0 aliphatic carbocycles. The van der Waals surface area contributed by atoms with E-state index in [1.54, 1.807) is 0 Å². The van der Waals surface area contributed by atoms with Gasteiger partial charge in [0.2, 0.25) is 0 Å². The summed E-state index contributed by atoms with van der Waals surface area (Å²) in [7, 11) is 0. The van der Waals surface area contributed by atoms with E-state index >= 15 is 0 Å². The van der Waals surface area contributed by atoms with Crippen LogP contribution in [0.5, 0.6) is 0 Å². The van der Waals surface area contributed by atoms with E-state index in [-0.39, 0.29) is 35.5 Å². The number of carbonyl (C=O) groups excluding carboxylic acids is 1. The van der Waals surface area contributed by atoms with Crippen LogP contribution < -0.4 is 0 Å². The second kappa shape index (κ2) is 6.67. The van der Waals surface area contributed by atoms with Crippen molar-refractivity contribution in [1.82, 2.24) is 0 Å². The number of rotatable bonds is 2. The van der Waals surface area contributed by atoms with Gasteiger partial charge in [0.25, 0.3) is 0 Å². The molecular weight excluding hydrogens is 99.0 g/mol. The molecule has 1 atom stereocenters. The summed E-state index contributed by atoms with van der Waals surface area (Å²) < 4.78 is 0. The van der Waals surface area contributed by atoms with E-state index in [2.05, 4.69) is 0 Å². The number of aldehydes is 1. The number of hydrogen-bond acceptors (Lipinski definition) is 1. The average molecular weight is 110 g/mol. The molecular formula is C5H11NaO. The first-order valence-corrected chi connectivity index (χ1v) is 2.26. The zero-order valence-electron chi connectivity index (χ0n) is 4.27. The molecule has 0 saturated carbocycles. The molecule has 0 aromatic heterocycles. The molecule has 7 heavy (non-hydrogen) atoms. The predicted molar refractivity (Wildman–Crippen MR) is 32.7 cm³/mol. The van der Waals surface area contributed by atoms with Crippen molar-refractivity contribution < 1.29 is 4.79 Å². The van der Waals surface area contributed by atoms with E-state index in [0.29, 0.717) is 0 Å². The van der Waals surface area contributed by atoms with Crippen molar-refractivity contribution in [3.63, 3.8) is 0 Å². The quantitative estimate of drug-likeness (QED) is 0.375. The molecule has 1 nitrogen and oxygen atoms in total. The first-order chi connectivity index (χ1) is 2.81. The van der Waals surface area contributed by atoms with E-state index in [0.717, 1.165) is 12.7 Å². The van der Waals surface area contributed by atoms with Gasteiger partial charge in [-0.3, -0.25) is 0 Å². The molecule has 0 amide bonds. The molecule has 0 aromatic rings. The Morgan fingerprint density at radius 2 is 2.14 bits per heavy atom. The first kappa shape index (κ1) is 10.6. The van der Waals surface area contributed by atoms with Gasteiger partial charge in [-0.1, -0.05) is 13.8 Å². The Hall–Kier alpha value is 0.670. The topological polar surface area (TPSA) is 17.1 Å². The third-order valence-electron chi connectivity index (χ3n) is 0.876. The molecule has 0 fully saturated rings. The van der Waals surface area contributed by atoms with E-state index in [4.69, 9.17) is 0 Å². The molecule has 1 unspecified atom stereocenters. The number of carbonyl (C=O) groups is 1. The fourth-order valence-corrected chi connectivity index (χ4v) is 0.0962. The fraction of sp³-hybridized carbons (Fsp3) is 0.800. The normalized spacial score (nSPS) is 11.7. The average Bonchev–Trinajstić information content (AvgIpc) is 1.65. The van der Waals surface area contributed by atoms with E-state index < -0.39 is 0 Å². The second-order valence-corrected chi connectivity index (χ2v) is 1.52. The minimum absolute atomic E-state index is 0. The molecule has 38 valence electrons. The molecule has 0 spiro atoms. The van der Waals surface area contributed by atoms with Crippen LogP contribution in [0.2, 0.25) is 0 Å². The van der Waals surface area contributed by atoms with Gasteiger partial charge in [-0.25, -0.2) is 0 Å². The van der Waals surface area contributed by atoms with E-state index in [1.165, 1.54) is 0 Å². The van der Waals surface area contributed by atoms with E-state index in [9.17, 15) is 4.79 Å². The number of hydrogen-bond donors (Lipinski definition) is 0. The van der Waals surface area contributed by atoms with Crippen LogP contribution >= 0.6 is 0 Å². The van der Waals surface area contributed by atoms with Crippen LogP contribution in [0.25, 0.3) is 0 Å². The van der Waals surface area contributed by atoms with Gasteiger partial charge in [-0.2, -0.15) is 0 Å². The van der Waals surface area contributed by atoms with Crippen LogP contribution in [0.4, 0.5) is 0 Å². The molecule has 0 aromatic carbocycles. The summed E-state index contributed by atoms with van der Waals surface area (Å²) in [5.74, 6) is 0.255. The molecule has 2 heteroatoms. The van der Waals surface area contributed by atoms with Crippen molar-refractivity contribution >= 4 is 35.8 Å². The predicted octanol–water partition coefficient (Wildman–Crippen LogP) is 0.583. The molecule has 0 heterocycles. The minimum atomic E-state index is 0. The molecule has 0 aliphatic heterocycles. The molecule has 0 N–H and O–H groups in total. The van der Waals surface area contributed by atoms with Crippen molar-refractivity contribution in [2.45, 2.75) is 20.3 Å². The van der Waals surface area contributed by atoms with Crippen molar-refractivity contribution in [1.29, 1.82) is 0 Å². The zero-order chi connectivity index (χ0) is 4.99. The summed E-state index contributed by atoms with van der Waals surface area (Å²) >= 11 is 0. The zero-order valence-corrected chi connectivity index (χ0v) is 4.27. The van der Waals surface area contributed by atoms with Gasteiger partial charge in [0.15, 0.2) is 0 Å². The summed E-state index contributed by atoms with van der Waals surface area (Å²) in [5, 5.41) is 0. The van der Waals surface area contributed by atoms with Crippen molar-refractivity contribution in [3.05, 3.63) is 0 Å². The summed E-state index contributed by atoms with van der Waals surface area (Å²) in [6.07, 6.45) is 1.93. The Labute approximate surface area is 66.8 Å².